The Balaban J connectivity index is 1.48. The first-order chi connectivity index (χ1) is 15.3. The number of piperazine rings is 1. The van der Waals surface area contributed by atoms with Crippen molar-refractivity contribution in [2.24, 2.45) is 0 Å². The molecule has 0 aliphatic carbocycles. The number of anilines is 2. The fraction of sp³-hybridized carbons (Fsp3) is 0.280. The lowest BCUT2D eigenvalue weighted by Crippen LogP contribution is -2.47. The predicted octanol–water partition coefficient (Wildman–Crippen LogP) is 5.26. The first-order valence-electron chi connectivity index (χ1n) is 10.8. The Labute approximate surface area is 186 Å². The molecule has 0 radical (unpaired) electrons. The molecule has 0 saturated carbocycles. The number of ether oxygens (including phenoxy) is 1. The molecule has 1 aliphatic rings. The van der Waals surface area contributed by atoms with Gasteiger partial charge in [-0.1, -0.05) is 49.4 Å². The van der Waals surface area contributed by atoms with E-state index in [2.05, 4.69) is 47.1 Å². The van der Waals surface area contributed by atoms with E-state index in [-0.39, 0.29) is 0 Å². The van der Waals surface area contributed by atoms with Gasteiger partial charge in [-0.2, -0.15) is 0 Å². The van der Waals surface area contributed by atoms with Crippen molar-refractivity contribution in [1.29, 1.82) is 0 Å². The lowest BCUT2D eigenvalue weighted by Gasteiger charge is -2.37. The van der Waals surface area contributed by atoms with E-state index in [0.29, 0.717) is 0 Å². The highest BCUT2D eigenvalue weighted by Crippen LogP contribution is 2.35. The minimum absolute atomic E-state index is 0.805. The van der Waals surface area contributed by atoms with Gasteiger partial charge in [0.2, 0.25) is 0 Å². The molecule has 31 heavy (non-hydrogen) atoms. The highest BCUT2D eigenvalue weighted by atomic mass is 32.1. The molecule has 3 heterocycles. The molecule has 2 aromatic carbocycles. The number of hydrogen-bond acceptors (Lipinski definition) is 6. The Kier molecular flexibility index (Phi) is 5.47. The molecule has 0 N–H and O–H groups in total. The summed E-state index contributed by atoms with van der Waals surface area (Å²) in [5, 5.41) is 1.17. The van der Waals surface area contributed by atoms with Crippen LogP contribution in [0.1, 0.15) is 11.8 Å². The summed E-state index contributed by atoms with van der Waals surface area (Å²) in [4.78, 5) is 17.2. The predicted molar refractivity (Wildman–Crippen MR) is 130 cm³/mol. The number of rotatable bonds is 5. The Morgan fingerprint density at radius 3 is 2.35 bits per heavy atom. The zero-order valence-corrected chi connectivity index (χ0v) is 18.7. The van der Waals surface area contributed by atoms with Gasteiger partial charge >= 0.3 is 0 Å². The van der Waals surface area contributed by atoms with Crippen LogP contribution < -0.4 is 14.5 Å². The van der Waals surface area contributed by atoms with Gasteiger partial charge in [0.1, 0.15) is 16.4 Å². The van der Waals surface area contributed by atoms with E-state index in [9.17, 15) is 0 Å². The third-order valence-corrected chi connectivity index (χ3v) is 6.98. The van der Waals surface area contributed by atoms with Crippen LogP contribution in [0.4, 0.5) is 11.5 Å². The SMILES string of the molecule is CCc1cc2c(N3CCN(c4ccccc4OC)CC3)nc(-c3ccccc3)nc2s1. The highest BCUT2D eigenvalue weighted by Gasteiger charge is 2.23. The number of aryl methyl sites for hydroxylation is 1. The first-order valence-corrected chi connectivity index (χ1v) is 11.6. The van der Waals surface area contributed by atoms with Gasteiger partial charge < -0.3 is 14.5 Å². The molecule has 0 amide bonds. The Hall–Kier alpha value is -3.12. The maximum atomic E-state index is 5.57. The van der Waals surface area contributed by atoms with Crippen molar-refractivity contribution in [2.45, 2.75) is 13.3 Å². The van der Waals surface area contributed by atoms with Gasteiger partial charge in [-0.3, -0.25) is 0 Å². The number of hydrogen-bond donors (Lipinski definition) is 0. The van der Waals surface area contributed by atoms with E-state index in [0.717, 1.165) is 66.1 Å². The zero-order chi connectivity index (χ0) is 21.2. The summed E-state index contributed by atoms with van der Waals surface area (Å²) < 4.78 is 5.57. The summed E-state index contributed by atoms with van der Waals surface area (Å²) in [6.45, 7) is 5.88. The van der Waals surface area contributed by atoms with E-state index < -0.39 is 0 Å². The Morgan fingerprint density at radius 2 is 1.61 bits per heavy atom. The van der Waals surface area contributed by atoms with Crippen LogP contribution >= 0.6 is 11.3 Å². The second-order valence-corrected chi connectivity index (χ2v) is 8.78. The number of aromatic nitrogens is 2. The maximum absolute atomic E-state index is 5.57. The lowest BCUT2D eigenvalue weighted by molar-refractivity contribution is 0.413. The van der Waals surface area contributed by atoms with Crippen molar-refractivity contribution < 1.29 is 4.74 Å². The van der Waals surface area contributed by atoms with E-state index in [1.807, 2.05) is 30.3 Å². The van der Waals surface area contributed by atoms with Gasteiger partial charge in [0.05, 0.1) is 18.2 Å². The average Bonchev–Trinajstić information content (AvgIpc) is 3.27. The van der Waals surface area contributed by atoms with E-state index >= 15 is 0 Å². The molecular weight excluding hydrogens is 404 g/mol. The monoisotopic (exact) mass is 430 g/mol. The molecule has 158 valence electrons. The third-order valence-electron chi connectivity index (χ3n) is 5.81. The minimum Gasteiger partial charge on any atom is -0.495 e. The number of methoxy groups -OCH3 is 1. The molecule has 4 aromatic rings. The molecule has 0 unspecified atom stereocenters. The average molecular weight is 431 g/mol. The van der Waals surface area contributed by atoms with E-state index in [1.54, 1.807) is 18.4 Å². The molecule has 0 bridgehead atoms. The topological polar surface area (TPSA) is 41.5 Å². The van der Waals surface area contributed by atoms with Gasteiger partial charge in [0.25, 0.3) is 0 Å². The first kappa shape index (κ1) is 19.8. The molecule has 1 saturated heterocycles. The van der Waals surface area contributed by atoms with Crippen molar-refractivity contribution in [3.05, 3.63) is 65.5 Å². The number of fused-ring (bicyclic) bond motifs is 1. The number of thiophene rings is 1. The van der Waals surface area contributed by atoms with Crippen molar-refractivity contribution >= 4 is 33.1 Å². The van der Waals surface area contributed by atoms with Crippen molar-refractivity contribution in [3.8, 4) is 17.1 Å². The summed E-state index contributed by atoms with van der Waals surface area (Å²) >= 11 is 1.78. The van der Waals surface area contributed by atoms with Crippen LogP contribution in [0.3, 0.4) is 0 Å². The molecule has 5 rings (SSSR count). The summed E-state index contributed by atoms with van der Waals surface area (Å²) in [5.74, 6) is 2.79. The molecular formula is C25H26N4OS. The summed E-state index contributed by atoms with van der Waals surface area (Å²) in [6.07, 6.45) is 1.02. The van der Waals surface area contributed by atoms with Crippen molar-refractivity contribution in [2.75, 3.05) is 43.1 Å². The normalized spacial score (nSPS) is 14.3. The molecule has 2 aromatic heterocycles. The number of benzene rings is 2. The van der Waals surface area contributed by atoms with Crippen LogP contribution in [0, 0.1) is 0 Å². The summed E-state index contributed by atoms with van der Waals surface area (Å²) in [7, 11) is 1.74. The maximum Gasteiger partial charge on any atom is 0.163 e. The minimum atomic E-state index is 0.805. The van der Waals surface area contributed by atoms with Crippen LogP contribution in [0.2, 0.25) is 0 Å². The van der Waals surface area contributed by atoms with E-state index in [1.165, 1.54) is 10.3 Å². The standard InChI is InChI=1S/C25H26N4OS/c1-3-19-17-20-24(26-23(27-25(20)31-19)18-9-5-4-6-10-18)29-15-13-28(14-16-29)21-11-7-8-12-22(21)30-2/h4-12,17H,3,13-16H2,1-2H3. The molecule has 1 fully saturated rings. The largest absolute Gasteiger partial charge is 0.495 e. The van der Waals surface area contributed by atoms with Gasteiger partial charge in [0, 0.05) is 36.6 Å². The van der Waals surface area contributed by atoms with Crippen molar-refractivity contribution in [1.82, 2.24) is 9.97 Å². The number of nitrogens with zero attached hydrogens (tertiary/aromatic N) is 4. The van der Waals surface area contributed by atoms with Crippen molar-refractivity contribution in [3.63, 3.8) is 0 Å². The Morgan fingerprint density at radius 1 is 0.903 bits per heavy atom. The van der Waals surface area contributed by atoms with Gasteiger partial charge in [-0.05, 0) is 24.6 Å². The zero-order valence-electron chi connectivity index (χ0n) is 17.9. The quantitative estimate of drug-likeness (QED) is 0.432. The third kappa shape index (κ3) is 3.83. The van der Waals surface area contributed by atoms with Crippen LogP contribution in [0.5, 0.6) is 5.75 Å². The fourth-order valence-corrected chi connectivity index (χ4v) is 5.10. The van der Waals surface area contributed by atoms with Crippen LogP contribution in [-0.2, 0) is 6.42 Å². The van der Waals surface area contributed by atoms with Crippen LogP contribution in [-0.4, -0.2) is 43.3 Å². The molecule has 0 spiro atoms. The van der Waals surface area contributed by atoms with Crippen LogP contribution in [0.25, 0.3) is 21.6 Å². The summed E-state index contributed by atoms with van der Waals surface area (Å²) in [5.41, 5.74) is 2.22. The lowest BCUT2D eigenvalue weighted by atomic mass is 10.2. The van der Waals surface area contributed by atoms with Gasteiger partial charge in [0.15, 0.2) is 5.82 Å². The van der Waals surface area contributed by atoms with Gasteiger partial charge in [-0.15, -0.1) is 11.3 Å². The smallest absolute Gasteiger partial charge is 0.163 e. The number of para-hydroxylation sites is 2. The molecule has 5 nitrogen and oxygen atoms in total. The molecule has 1 aliphatic heterocycles. The van der Waals surface area contributed by atoms with Gasteiger partial charge in [-0.25, -0.2) is 9.97 Å². The second kappa shape index (κ2) is 8.55. The molecule has 6 heteroatoms. The fourth-order valence-electron chi connectivity index (χ4n) is 4.14. The Bertz CT molecular complexity index is 1180. The highest BCUT2D eigenvalue weighted by molar-refractivity contribution is 7.18. The summed E-state index contributed by atoms with van der Waals surface area (Å²) in [6, 6.07) is 20.8. The van der Waals surface area contributed by atoms with E-state index in [4.69, 9.17) is 14.7 Å². The molecule has 0 atom stereocenters. The second-order valence-electron chi connectivity index (χ2n) is 7.67. The van der Waals surface area contributed by atoms with Crippen LogP contribution in [0.15, 0.2) is 60.7 Å².